The van der Waals surface area contributed by atoms with Crippen molar-refractivity contribution < 1.29 is 72.2 Å². The molecule has 0 spiro atoms. The highest BCUT2D eigenvalue weighted by Crippen LogP contribution is 2.24. The molecule has 6 aromatic rings. The molecule has 33 nitrogen and oxygen atoms in total. The maximum absolute atomic E-state index is 15.1. The number of amides is 14. The minimum atomic E-state index is -1.84. The van der Waals surface area contributed by atoms with Crippen LogP contribution in [0.1, 0.15) is 103 Å². The number of aromatic nitrogens is 2. The second-order valence-electron chi connectivity index (χ2n) is 28.7. The quantitative estimate of drug-likeness (QED) is 0.0433. The average molecular weight is 1560 g/mol. The summed E-state index contributed by atoms with van der Waals surface area (Å²) in [4.78, 5) is 211. The van der Waals surface area contributed by atoms with Crippen LogP contribution in [-0.4, -0.2) is 202 Å². The summed E-state index contributed by atoms with van der Waals surface area (Å²) in [5.41, 5.74) is 20.9. The molecule has 8 rings (SSSR count). The summed E-state index contributed by atoms with van der Waals surface area (Å²) in [7, 11) is 0. The number of carbonyl (C=O) groups is 14. The van der Waals surface area contributed by atoms with Gasteiger partial charge in [0.15, 0.2) is 0 Å². The van der Waals surface area contributed by atoms with E-state index in [0.29, 0.717) is 57.0 Å². The minimum Gasteiger partial charge on any atom is -0.394 e. The number of unbranched alkanes of at least 4 members (excludes halogenated alkanes) is 1. The highest BCUT2D eigenvalue weighted by molar-refractivity contribution is 8.00. The van der Waals surface area contributed by atoms with Gasteiger partial charge in [0, 0.05) is 84.0 Å². The largest absolute Gasteiger partial charge is 0.394 e. The fraction of sp³-hybridized carbons (Fsp3) is 0.449. The van der Waals surface area contributed by atoms with E-state index in [0.717, 1.165) is 22.5 Å². The molecule has 112 heavy (non-hydrogen) atoms. The van der Waals surface area contributed by atoms with Crippen molar-refractivity contribution in [3.05, 3.63) is 132 Å². The van der Waals surface area contributed by atoms with Gasteiger partial charge in [-0.1, -0.05) is 133 Å². The van der Waals surface area contributed by atoms with Crippen molar-refractivity contribution in [1.82, 2.24) is 73.8 Å². The normalized spacial score (nSPS) is 23.8. The van der Waals surface area contributed by atoms with Crippen LogP contribution in [0.15, 0.2) is 120 Å². The zero-order valence-corrected chi connectivity index (χ0v) is 64.2. The predicted octanol–water partition coefficient (Wildman–Crippen LogP) is -0.385. The van der Waals surface area contributed by atoms with E-state index in [2.05, 4.69) is 78.8 Å². The lowest BCUT2D eigenvalue weighted by Crippen LogP contribution is -2.62. The van der Waals surface area contributed by atoms with Gasteiger partial charge in [-0.25, -0.2) is 0 Å². The number of rotatable bonds is 20. The first-order valence-corrected chi connectivity index (χ1v) is 38.6. The van der Waals surface area contributed by atoms with Gasteiger partial charge in [-0.05, 0) is 83.2 Å². The third-order valence-electron chi connectivity index (χ3n) is 19.5. The SMILES string of the molecule is CC[C@H](C)[C@@H]1NC(=O)[C@H](Cc2ccc3ccccc3c2)NC(=O)CSC[C@@H](C(N)=O)NC(=O)[C@H](C(C)C)NC(=O)[C@H](Cc2c[nH]c3ccccc23)NC(=O)[C@H](CCCCN)NC(=O)[C@H](C(C)C)NC(=O)[C@H](Cc2c[nH]c3ccccc23)NC(=O)[C@H](CC(N)=O)NC(=O)[C@H](CC2=CCC=N2)NC(=O)CNC(=O)[C@@H](CO)NC1=O. The van der Waals surface area contributed by atoms with Gasteiger partial charge in [-0.2, -0.15) is 0 Å². The van der Waals surface area contributed by atoms with Crippen LogP contribution in [0.25, 0.3) is 32.6 Å². The number of hydrogen-bond acceptors (Lipinski definition) is 18. The van der Waals surface area contributed by atoms with E-state index >= 15 is 14.4 Å². The second-order valence-corrected chi connectivity index (χ2v) is 29.7. The first-order chi connectivity index (χ1) is 53.5. The number of allylic oxidation sites excluding steroid dienone is 1. The molecule has 600 valence electrons. The Bertz CT molecular complexity index is 4480. The predicted molar refractivity (Wildman–Crippen MR) is 421 cm³/mol. The molecule has 1 fully saturated rings. The number of thioether (sulfide) groups is 1. The molecular formula is C78H102N18O15S. The number of H-pyrrole nitrogens is 2. The molecule has 2 aliphatic rings. The van der Waals surface area contributed by atoms with Gasteiger partial charge in [0.25, 0.3) is 0 Å². The van der Waals surface area contributed by atoms with Crippen molar-refractivity contribution in [3.8, 4) is 0 Å². The van der Waals surface area contributed by atoms with Crippen molar-refractivity contribution in [2.75, 3.05) is 31.2 Å². The summed E-state index contributed by atoms with van der Waals surface area (Å²) in [6.07, 6.45) is 6.02. The highest BCUT2D eigenvalue weighted by Gasteiger charge is 2.39. The standard InChI is InChI=1S/C78H102N18O15S/c1-7-43(6)67-78(111)92-60(38-97)69(102)85-37-63(99)86-58(33-49-19-16-28-82-49)71(104)91-59(34-62(80)98)72(105)90-57(32-48-36-84-53-23-13-11-21-51(48)53)75(108)94-65(41(2)3)76(109)88-54(24-14-15-27-79)70(103)89-56(31-47-35-83-52-22-12-10-20-50(47)52)74(107)95-66(42(4)5)77(110)93-61(68(81)101)39-112-40-64(100)87-55(73(106)96-67)30-44-25-26-45-17-8-9-18-46(45)29-44/h8-13,17-23,25-26,28-29,35-36,41-43,54-61,65-67,83-84,97H,7,14-16,24,27,30-34,37-40,79H2,1-6H3,(H2,80,98)(H2,81,101)(H,85,102)(H,86,99)(H,87,100)(H,88,109)(H,89,103)(H,90,105)(H,91,104)(H,92,111)(H,93,110)(H,94,108)(H,95,107)(H,96,106)/t43-,54-,55-,56-,57-,58-,59-,60+,61-,65-,66-,67-/m0/s1. The summed E-state index contributed by atoms with van der Waals surface area (Å²) in [6.45, 7) is 8.17. The Balaban J connectivity index is 1.14. The number of aliphatic hydroxyl groups is 1. The van der Waals surface area contributed by atoms with Gasteiger partial charge in [-0.15, -0.1) is 11.8 Å². The van der Waals surface area contributed by atoms with Gasteiger partial charge in [0.1, 0.15) is 66.5 Å². The number of para-hydroxylation sites is 2. The Hall–Kier alpha value is -11.5. The average Bonchev–Trinajstić information content (AvgIpc) is 1.72. The Morgan fingerprint density at radius 2 is 1.01 bits per heavy atom. The van der Waals surface area contributed by atoms with Crippen LogP contribution in [0.4, 0.5) is 0 Å². The van der Waals surface area contributed by atoms with Gasteiger partial charge in [0.05, 0.1) is 25.3 Å². The summed E-state index contributed by atoms with van der Waals surface area (Å²) in [5, 5.41) is 45.2. The van der Waals surface area contributed by atoms with E-state index in [-0.39, 0.29) is 57.2 Å². The number of fused-ring (bicyclic) bond motifs is 3. The molecular weight excluding hydrogens is 1460 g/mol. The summed E-state index contributed by atoms with van der Waals surface area (Å²) in [6, 6.07) is 10.4. The van der Waals surface area contributed by atoms with E-state index in [1.165, 1.54) is 6.21 Å². The van der Waals surface area contributed by atoms with Gasteiger partial charge < -0.3 is 96.1 Å². The number of benzene rings is 4. The lowest BCUT2D eigenvalue weighted by molar-refractivity contribution is -0.137. The number of aromatic amines is 2. The van der Waals surface area contributed by atoms with Crippen LogP contribution in [0.3, 0.4) is 0 Å². The molecule has 0 unspecified atom stereocenters. The lowest BCUT2D eigenvalue weighted by atomic mass is 9.96. The Morgan fingerprint density at radius 1 is 0.518 bits per heavy atom. The topological polar surface area (TPSA) is 526 Å². The first-order valence-electron chi connectivity index (χ1n) is 37.4. The van der Waals surface area contributed by atoms with Gasteiger partial charge in [0.2, 0.25) is 82.7 Å². The van der Waals surface area contributed by atoms with Crippen LogP contribution >= 0.6 is 11.8 Å². The van der Waals surface area contributed by atoms with E-state index in [9.17, 15) is 57.8 Å². The number of carbonyl (C=O) groups excluding carboxylic acids is 14. The van der Waals surface area contributed by atoms with Crippen LogP contribution < -0.4 is 81.0 Å². The van der Waals surface area contributed by atoms with E-state index in [4.69, 9.17) is 17.2 Å². The van der Waals surface area contributed by atoms with Crippen LogP contribution in [-0.2, 0) is 86.4 Å². The molecule has 2 aliphatic heterocycles. The number of nitrogens with zero attached hydrogens (tertiary/aromatic N) is 1. The third-order valence-corrected chi connectivity index (χ3v) is 20.5. The molecule has 0 saturated carbocycles. The molecule has 2 aromatic heterocycles. The van der Waals surface area contributed by atoms with Crippen molar-refractivity contribution in [2.45, 2.75) is 172 Å². The number of aliphatic hydroxyl groups excluding tert-OH is 1. The van der Waals surface area contributed by atoms with Gasteiger partial charge in [-0.3, -0.25) is 72.1 Å². The third kappa shape index (κ3) is 24.5. The zero-order valence-electron chi connectivity index (χ0n) is 63.4. The van der Waals surface area contributed by atoms with Crippen molar-refractivity contribution in [3.63, 3.8) is 0 Å². The van der Waals surface area contributed by atoms with E-state index < -0.39 is 192 Å². The molecule has 12 atom stereocenters. The fourth-order valence-corrected chi connectivity index (χ4v) is 13.8. The fourth-order valence-electron chi connectivity index (χ4n) is 13.0. The Kier molecular flexibility index (Phi) is 31.9. The zero-order chi connectivity index (χ0) is 81.3. The van der Waals surface area contributed by atoms with E-state index in [1.54, 1.807) is 109 Å². The number of nitrogens with two attached hydrogens (primary N) is 3. The smallest absolute Gasteiger partial charge is 0.245 e. The van der Waals surface area contributed by atoms with Crippen LogP contribution in [0.2, 0.25) is 0 Å². The number of nitrogens with one attached hydrogen (secondary N) is 14. The van der Waals surface area contributed by atoms with Gasteiger partial charge >= 0.3 is 0 Å². The Labute approximate surface area is 651 Å². The second kappa shape index (κ2) is 41.5. The molecule has 0 aliphatic carbocycles. The van der Waals surface area contributed by atoms with E-state index in [1.807, 2.05) is 42.5 Å². The van der Waals surface area contributed by atoms with Crippen molar-refractivity contribution in [1.29, 1.82) is 0 Å². The maximum Gasteiger partial charge on any atom is 0.245 e. The molecule has 1 saturated heterocycles. The molecule has 4 heterocycles. The molecule has 4 aromatic carbocycles. The van der Waals surface area contributed by atoms with Crippen molar-refractivity contribution >= 4 is 133 Å². The first kappa shape index (κ1) is 86.1. The monoisotopic (exact) mass is 1560 g/mol. The molecule has 14 amide bonds. The molecule has 0 radical (unpaired) electrons. The molecule has 21 N–H and O–H groups in total. The van der Waals surface area contributed by atoms with Crippen molar-refractivity contribution in [2.24, 2.45) is 39.9 Å². The summed E-state index contributed by atoms with van der Waals surface area (Å²) in [5.74, 6) is -16.0. The number of primary amides is 2. The van der Waals surface area contributed by atoms with Crippen LogP contribution in [0.5, 0.6) is 0 Å². The lowest BCUT2D eigenvalue weighted by Gasteiger charge is -2.29. The molecule has 0 bridgehead atoms. The highest BCUT2D eigenvalue weighted by atomic mass is 32.2. The van der Waals surface area contributed by atoms with Crippen LogP contribution in [0, 0.1) is 17.8 Å². The molecule has 34 heteroatoms. The summed E-state index contributed by atoms with van der Waals surface area (Å²) >= 11 is 0.873. The number of hydrogen-bond donors (Lipinski definition) is 18. The summed E-state index contributed by atoms with van der Waals surface area (Å²) < 4.78 is 0. The number of aliphatic imine (C=N–C) groups is 1. The minimum absolute atomic E-state index is 0.0384. The Morgan fingerprint density at radius 3 is 1.56 bits per heavy atom. The maximum atomic E-state index is 15.1.